The summed E-state index contributed by atoms with van der Waals surface area (Å²) in [6.45, 7) is 3.85. The molecule has 1 saturated carbocycles. The number of aryl methyl sites for hydroxylation is 1. The van der Waals surface area contributed by atoms with Gasteiger partial charge in [0.05, 0.1) is 0 Å². The van der Waals surface area contributed by atoms with Gasteiger partial charge in [0.1, 0.15) is 0 Å². The van der Waals surface area contributed by atoms with Gasteiger partial charge in [-0.25, -0.2) is 0 Å². The third-order valence-electron chi connectivity index (χ3n) is 6.49. The summed E-state index contributed by atoms with van der Waals surface area (Å²) in [5, 5.41) is 14.1. The Morgan fingerprint density at radius 3 is 2.46 bits per heavy atom. The largest absolute Gasteiger partial charge is 0.341 e. The van der Waals surface area contributed by atoms with E-state index in [0.29, 0.717) is 22.9 Å². The second kappa shape index (κ2) is 11.1. The molecule has 3 aromatic rings. The van der Waals surface area contributed by atoms with Crippen LogP contribution in [0.2, 0.25) is 0 Å². The number of aromatic nitrogens is 5. The van der Waals surface area contributed by atoms with Crippen molar-refractivity contribution in [2.75, 3.05) is 28.6 Å². The van der Waals surface area contributed by atoms with E-state index in [1.165, 1.54) is 24.6 Å². The molecule has 184 valence electrons. The Morgan fingerprint density at radius 2 is 1.74 bits per heavy atom. The number of benzene rings is 1. The van der Waals surface area contributed by atoms with Crippen LogP contribution in [-0.2, 0) is 4.79 Å². The zero-order valence-corrected chi connectivity index (χ0v) is 20.9. The summed E-state index contributed by atoms with van der Waals surface area (Å²) in [6.07, 6.45) is 9.05. The van der Waals surface area contributed by atoms with E-state index >= 15 is 0 Å². The molecule has 5 rings (SSSR count). The third-order valence-corrected chi connectivity index (χ3v) is 7.37. The standard InChI is InChI=1S/C25H32N8OS/c1-17-16-21(32-31-17)27-23-28-24(33-14-6-3-7-15-33)30-25(29-23)35-20-12-10-19(11-13-20)26-22(34)18-8-4-2-5-9-18/h10-13,16,18H,2-9,14-15H2,1H3,(H,26,34)(H2,27,28,29,30,31,32). The Labute approximate surface area is 209 Å². The van der Waals surface area contributed by atoms with E-state index in [1.807, 2.05) is 37.3 Å². The summed E-state index contributed by atoms with van der Waals surface area (Å²) >= 11 is 1.48. The first-order valence-electron chi connectivity index (χ1n) is 12.5. The Hall–Kier alpha value is -3.14. The molecule has 10 heteroatoms. The van der Waals surface area contributed by atoms with Crippen LogP contribution in [0.25, 0.3) is 0 Å². The van der Waals surface area contributed by atoms with Gasteiger partial charge in [-0.3, -0.25) is 9.89 Å². The highest BCUT2D eigenvalue weighted by molar-refractivity contribution is 7.99. The van der Waals surface area contributed by atoms with Crippen LogP contribution in [0, 0.1) is 12.8 Å². The van der Waals surface area contributed by atoms with E-state index < -0.39 is 0 Å². The highest BCUT2D eigenvalue weighted by atomic mass is 32.2. The molecule has 0 unspecified atom stereocenters. The van der Waals surface area contributed by atoms with Crippen LogP contribution < -0.4 is 15.5 Å². The minimum absolute atomic E-state index is 0.137. The number of carbonyl (C=O) groups excluding carboxylic acids is 1. The van der Waals surface area contributed by atoms with Gasteiger partial charge in [-0.1, -0.05) is 19.3 Å². The van der Waals surface area contributed by atoms with Gasteiger partial charge in [0.2, 0.25) is 17.8 Å². The average molecular weight is 493 g/mol. The molecule has 1 aliphatic heterocycles. The van der Waals surface area contributed by atoms with Gasteiger partial charge in [0.25, 0.3) is 0 Å². The van der Waals surface area contributed by atoms with Crippen LogP contribution in [0.5, 0.6) is 0 Å². The van der Waals surface area contributed by atoms with Crippen LogP contribution in [0.1, 0.15) is 57.1 Å². The first-order chi connectivity index (χ1) is 17.1. The minimum Gasteiger partial charge on any atom is -0.341 e. The maximum atomic E-state index is 12.6. The monoisotopic (exact) mass is 492 g/mol. The highest BCUT2D eigenvalue weighted by Gasteiger charge is 2.21. The number of nitrogens with one attached hydrogen (secondary N) is 3. The van der Waals surface area contributed by atoms with Crippen molar-refractivity contribution in [3.8, 4) is 0 Å². The maximum Gasteiger partial charge on any atom is 0.234 e. The molecule has 1 aromatic carbocycles. The topological polar surface area (TPSA) is 112 Å². The second-order valence-corrected chi connectivity index (χ2v) is 10.3. The third kappa shape index (κ3) is 6.30. The van der Waals surface area contributed by atoms with Crippen molar-refractivity contribution in [2.45, 2.75) is 68.3 Å². The van der Waals surface area contributed by atoms with Gasteiger partial charge < -0.3 is 15.5 Å². The summed E-state index contributed by atoms with van der Waals surface area (Å²) in [5.74, 6) is 2.12. The SMILES string of the molecule is Cc1cc(Nc2nc(Sc3ccc(NC(=O)C4CCCCC4)cc3)nc(N3CCCCC3)n2)n[nH]1. The van der Waals surface area contributed by atoms with E-state index in [2.05, 4.69) is 35.7 Å². The molecule has 0 spiro atoms. The van der Waals surface area contributed by atoms with Crippen LogP contribution in [0.4, 0.5) is 23.4 Å². The first kappa shape index (κ1) is 23.6. The van der Waals surface area contributed by atoms with Crippen molar-refractivity contribution in [2.24, 2.45) is 5.92 Å². The summed E-state index contributed by atoms with van der Waals surface area (Å²) in [7, 11) is 0. The Morgan fingerprint density at radius 1 is 1.00 bits per heavy atom. The van der Waals surface area contributed by atoms with E-state index in [9.17, 15) is 4.79 Å². The molecule has 1 amide bonds. The van der Waals surface area contributed by atoms with E-state index in [0.717, 1.165) is 67.9 Å². The van der Waals surface area contributed by atoms with Crippen molar-refractivity contribution in [3.05, 3.63) is 36.0 Å². The van der Waals surface area contributed by atoms with Crippen molar-refractivity contribution >= 4 is 41.1 Å². The number of hydrogen-bond donors (Lipinski definition) is 3. The molecule has 0 atom stereocenters. The number of aromatic amines is 1. The smallest absolute Gasteiger partial charge is 0.234 e. The predicted molar refractivity (Wildman–Crippen MR) is 138 cm³/mol. The molecule has 9 nitrogen and oxygen atoms in total. The van der Waals surface area contributed by atoms with Crippen molar-refractivity contribution in [1.82, 2.24) is 25.1 Å². The number of piperidine rings is 1. The van der Waals surface area contributed by atoms with Gasteiger partial charge in [-0.05, 0) is 75.1 Å². The van der Waals surface area contributed by atoms with Gasteiger partial charge in [-0.15, -0.1) is 0 Å². The van der Waals surface area contributed by atoms with Gasteiger partial charge in [0, 0.05) is 41.4 Å². The zero-order valence-electron chi connectivity index (χ0n) is 20.1. The van der Waals surface area contributed by atoms with Crippen LogP contribution in [-0.4, -0.2) is 44.1 Å². The normalized spacial score (nSPS) is 16.8. The molecule has 0 radical (unpaired) electrons. The Bertz CT molecular complexity index is 1140. The van der Waals surface area contributed by atoms with Crippen molar-refractivity contribution < 1.29 is 4.79 Å². The number of anilines is 4. The van der Waals surface area contributed by atoms with Gasteiger partial charge in [0.15, 0.2) is 11.0 Å². The highest BCUT2D eigenvalue weighted by Crippen LogP contribution is 2.30. The number of nitrogens with zero attached hydrogens (tertiary/aromatic N) is 5. The maximum absolute atomic E-state index is 12.6. The van der Waals surface area contributed by atoms with Crippen LogP contribution in [0.15, 0.2) is 40.4 Å². The fourth-order valence-electron chi connectivity index (χ4n) is 4.60. The molecule has 0 bridgehead atoms. The first-order valence-corrected chi connectivity index (χ1v) is 13.3. The Kier molecular flexibility index (Phi) is 7.46. The summed E-state index contributed by atoms with van der Waals surface area (Å²) in [5.41, 5.74) is 1.79. The van der Waals surface area contributed by atoms with Gasteiger partial charge >= 0.3 is 0 Å². The number of amides is 1. The van der Waals surface area contributed by atoms with Crippen LogP contribution >= 0.6 is 11.8 Å². The predicted octanol–water partition coefficient (Wildman–Crippen LogP) is 5.31. The van der Waals surface area contributed by atoms with Crippen molar-refractivity contribution in [3.63, 3.8) is 0 Å². The van der Waals surface area contributed by atoms with E-state index in [1.54, 1.807) is 0 Å². The molecule has 1 saturated heterocycles. The number of carbonyl (C=O) groups is 1. The lowest BCUT2D eigenvalue weighted by Gasteiger charge is -2.26. The molecular formula is C25H32N8OS. The number of rotatable bonds is 7. The number of hydrogen-bond acceptors (Lipinski definition) is 8. The molecule has 1 aliphatic carbocycles. The summed E-state index contributed by atoms with van der Waals surface area (Å²) in [4.78, 5) is 29.9. The zero-order chi connectivity index (χ0) is 24.0. The lowest BCUT2D eigenvalue weighted by molar-refractivity contribution is -0.120. The average Bonchev–Trinajstić information content (AvgIpc) is 3.30. The number of H-pyrrole nitrogens is 1. The lowest BCUT2D eigenvalue weighted by atomic mass is 9.88. The van der Waals surface area contributed by atoms with Crippen molar-refractivity contribution in [1.29, 1.82) is 0 Å². The fourth-order valence-corrected chi connectivity index (χ4v) is 5.34. The molecule has 2 aromatic heterocycles. The summed E-state index contributed by atoms with van der Waals surface area (Å²) in [6, 6.07) is 9.80. The van der Waals surface area contributed by atoms with E-state index in [-0.39, 0.29) is 11.8 Å². The fraction of sp³-hybridized carbons (Fsp3) is 0.480. The molecule has 3 heterocycles. The Balaban J connectivity index is 1.30. The molecular weight excluding hydrogens is 460 g/mol. The minimum atomic E-state index is 0.137. The molecule has 2 fully saturated rings. The van der Waals surface area contributed by atoms with Crippen LogP contribution in [0.3, 0.4) is 0 Å². The molecule has 2 aliphatic rings. The quantitative estimate of drug-likeness (QED) is 0.407. The molecule has 3 N–H and O–H groups in total. The second-order valence-electron chi connectivity index (χ2n) is 9.30. The van der Waals surface area contributed by atoms with E-state index in [4.69, 9.17) is 4.98 Å². The summed E-state index contributed by atoms with van der Waals surface area (Å²) < 4.78 is 0. The molecule has 35 heavy (non-hydrogen) atoms. The van der Waals surface area contributed by atoms with Gasteiger partial charge in [-0.2, -0.15) is 20.1 Å². The lowest BCUT2D eigenvalue weighted by Crippen LogP contribution is -2.31.